The first kappa shape index (κ1) is 19.8. The second kappa shape index (κ2) is 9.80. The van der Waals surface area contributed by atoms with E-state index in [9.17, 15) is 10.1 Å². The van der Waals surface area contributed by atoms with Gasteiger partial charge in [-0.05, 0) is 38.6 Å². The maximum absolute atomic E-state index is 11.8. The summed E-state index contributed by atoms with van der Waals surface area (Å²) >= 11 is 0. The van der Waals surface area contributed by atoms with E-state index in [0.717, 1.165) is 65.1 Å². The lowest BCUT2D eigenvalue weighted by molar-refractivity contribution is -0.383. The summed E-state index contributed by atoms with van der Waals surface area (Å²) in [6.07, 6.45) is 6.57. The van der Waals surface area contributed by atoms with Crippen molar-refractivity contribution in [3.8, 4) is 0 Å². The smallest absolute Gasteiger partial charge is 0.353 e. The number of hydrogen-bond acceptors (Lipinski definition) is 8. The van der Waals surface area contributed by atoms with Crippen LogP contribution >= 0.6 is 0 Å². The Kier molecular flexibility index (Phi) is 7.17. The van der Waals surface area contributed by atoms with E-state index in [-0.39, 0.29) is 10.6 Å². The number of nitrogens with one attached hydrogen (secondary N) is 1. The Morgan fingerprint density at radius 1 is 1.30 bits per heavy atom. The predicted molar refractivity (Wildman–Crippen MR) is 104 cm³/mol. The molecule has 1 unspecified atom stereocenters. The molecule has 3 rings (SSSR count). The molecule has 0 amide bonds. The molecule has 1 aromatic heterocycles. The maximum Gasteiger partial charge on any atom is 0.353 e. The molecule has 27 heavy (non-hydrogen) atoms. The predicted octanol–water partition coefficient (Wildman–Crippen LogP) is 2.29. The van der Waals surface area contributed by atoms with Gasteiger partial charge in [0, 0.05) is 32.2 Å². The normalized spacial score (nSPS) is 21.2. The molecule has 0 aliphatic carbocycles. The first-order valence-electron chi connectivity index (χ1n) is 10.0. The van der Waals surface area contributed by atoms with E-state index in [1.165, 1.54) is 12.7 Å². The van der Waals surface area contributed by atoms with E-state index in [4.69, 9.17) is 4.74 Å². The summed E-state index contributed by atoms with van der Waals surface area (Å²) in [7, 11) is 0. The molecule has 9 heteroatoms. The zero-order valence-corrected chi connectivity index (χ0v) is 16.1. The Labute approximate surface area is 160 Å². The van der Waals surface area contributed by atoms with Gasteiger partial charge in [0.2, 0.25) is 11.6 Å². The second-order valence-electron chi connectivity index (χ2n) is 7.14. The van der Waals surface area contributed by atoms with Crippen molar-refractivity contribution in [1.82, 2.24) is 14.9 Å². The minimum absolute atomic E-state index is 0.00391. The minimum Gasteiger partial charge on any atom is -0.379 e. The Balaban J connectivity index is 1.66. The summed E-state index contributed by atoms with van der Waals surface area (Å²) in [6, 6.07) is 0.307. The number of rotatable bonds is 8. The van der Waals surface area contributed by atoms with Crippen molar-refractivity contribution in [1.29, 1.82) is 0 Å². The van der Waals surface area contributed by atoms with Gasteiger partial charge in [-0.3, -0.25) is 15.0 Å². The zero-order valence-electron chi connectivity index (χ0n) is 16.1. The van der Waals surface area contributed by atoms with Crippen LogP contribution in [0, 0.1) is 10.1 Å². The van der Waals surface area contributed by atoms with Crippen molar-refractivity contribution in [2.75, 3.05) is 56.2 Å². The highest BCUT2D eigenvalue weighted by Gasteiger charge is 2.31. The fraction of sp³-hybridized carbons (Fsp3) is 0.778. The number of nitrogens with zero attached hydrogens (tertiary/aromatic N) is 5. The SMILES string of the molecule is CCC1CCCCN1c1ncnc(NCCCN2CCOCC2)c1[N+](=O)[O-]. The summed E-state index contributed by atoms with van der Waals surface area (Å²) in [4.78, 5) is 24.4. The van der Waals surface area contributed by atoms with E-state index < -0.39 is 0 Å². The van der Waals surface area contributed by atoms with Crippen LogP contribution in [0.15, 0.2) is 6.33 Å². The van der Waals surface area contributed by atoms with Gasteiger partial charge >= 0.3 is 5.69 Å². The minimum atomic E-state index is -0.346. The maximum atomic E-state index is 11.8. The van der Waals surface area contributed by atoms with E-state index in [1.807, 2.05) is 0 Å². The topological polar surface area (TPSA) is 96.7 Å². The van der Waals surface area contributed by atoms with Gasteiger partial charge in [0.15, 0.2) is 0 Å². The van der Waals surface area contributed by atoms with Gasteiger partial charge in [0.25, 0.3) is 0 Å². The number of nitro groups is 1. The Bertz CT molecular complexity index is 623. The number of anilines is 2. The number of ether oxygens (including phenoxy) is 1. The van der Waals surface area contributed by atoms with Gasteiger partial charge < -0.3 is 15.0 Å². The molecule has 1 aromatic rings. The van der Waals surface area contributed by atoms with Crippen LogP contribution < -0.4 is 10.2 Å². The van der Waals surface area contributed by atoms with Crippen molar-refractivity contribution < 1.29 is 9.66 Å². The van der Waals surface area contributed by atoms with Gasteiger partial charge in [-0.2, -0.15) is 0 Å². The molecule has 0 spiro atoms. The van der Waals surface area contributed by atoms with Crippen LogP contribution in [-0.2, 0) is 4.74 Å². The molecule has 2 aliphatic heterocycles. The van der Waals surface area contributed by atoms with Crippen molar-refractivity contribution in [3.05, 3.63) is 16.4 Å². The molecule has 0 aromatic carbocycles. The Morgan fingerprint density at radius 2 is 2.11 bits per heavy atom. The average Bonchev–Trinajstić information content (AvgIpc) is 2.71. The molecule has 0 radical (unpaired) electrons. The first-order chi connectivity index (χ1) is 13.2. The van der Waals surface area contributed by atoms with E-state index in [1.54, 1.807) is 0 Å². The number of morpholine rings is 1. The van der Waals surface area contributed by atoms with Crippen molar-refractivity contribution in [2.45, 2.75) is 45.1 Å². The molecule has 9 nitrogen and oxygen atoms in total. The first-order valence-corrected chi connectivity index (χ1v) is 10.0. The molecule has 1 N–H and O–H groups in total. The molecule has 150 valence electrons. The number of piperidine rings is 1. The van der Waals surface area contributed by atoms with E-state index in [0.29, 0.717) is 24.2 Å². The summed E-state index contributed by atoms with van der Waals surface area (Å²) in [6.45, 7) is 7.99. The lowest BCUT2D eigenvalue weighted by Crippen LogP contribution is -2.40. The van der Waals surface area contributed by atoms with Crippen molar-refractivity contribution in [2.24, 2.45) is 0 Å². The molecule has 0 bridgehead atoms. The van der Waals surface area contributed by atoms with Crippen LogP contribution in [0.2, 0.25) is 0 Å². The second-order valence-corrected chi connectivity index (χ2v) is 7.14. The fourth-order valence-corrected chi connectivity index (χ4v) is 3.92. The van der Waals surface area contributed by atoms with Gasteiger partial charge in [0.1, 0.15) is 6.33 Å². The van der Waals surface area contributed by atoms with Crippen molar-refractivity contribution in [3.63, 3.8) is 0 Å². The number of hydrogen-bond donors (Lipinski definition) is 1. The molecular weight excluding hydrogens is 348 g/mol. The molecule has 2 saturated heterocycles. The van der Waals surface area contributed by atoms with Gasteiger partial charge in [0.05, 0.1) is 18.1 Å². The third kappa shape index (κ3) is 5.04. The zero-order chi connectivity index (χ0) is 19.1. The molecule has 2 fully saturated rings. The molecule has 1 atom stereocenters. The standard InChI is InChI=1S/C18H30N6O3/c1-2-15-6-3-4-9-23(15)18-16(24(25)26)17(20-14-21-18)19-7-5-8-22-10-12-27-13-11-22/h14-15H,2-13H2,1H3,(H,19,20,21). The molecule has 2 aliphatic rings. The van der Waals surface area contributed by atoms with Crippen molar-refractivity contribution >= 4 is 17.3 Å². The van der Waals surface area contributed by atoms with E-state index >= 15 is 0 Å². The molecule has 3 heterocycles. The van der Waals surface area contributed by atoms with Crippen LogP contribution in [-0.4, -0.2) is 71.8 Å². The van der Waals surface area contributed by atoms with Gasteiger partial charge in [-0.1, -0.05) is 6.92 Å². The lowest BCUT2D eigenvalue weighted by Gasteiger charge is -2.35. The van der Waals surface area contributed by atoms with Gasteiger partial charge in [-0.15, -0.1) is 0 Å². The number of aromatic nitrogens is 2. The summed E-state index contributed by atoms with van der Waals surface area (Å²) in [5.74, 6) is 0.782. The molecular formula is C18H30N6O3. The van der Waals surface area contributed by atoms with E-state index in [2.05, 4.69) is 32.0 Å². The monoisotopic (exact) mass is 378 g/mol. The van der Waals surface area contributed by atoms with Gasteiger partial charge in [-0.25, -0.2) is 9.97 Å². The highest BCUT2D eigenvalue weighted by atomic mass is 16.6. The Hall–Kier alpha value is -2.00. The third-order valence-electron chi connectivity index (χ3n) is 5.40. The van der Waals surface area contributed by atoms with Crippen LogP contribution in [0.4, 0.5) is 17.3 Å². The van der Waals surface area contributed by atoms with Crippen LogP contribution in [0.3, 0.4) is 0 Å². The quantitative estimate of drug-likeness (QED) is 0.418. The summed E-state index contributed by atoms with van der Waals surface area (Å²) in [5, 5.41) is 15.0. The summed E-state index contributed by atoms with van der Waals surface area (Å²) in [5.41, 5.74) is 0.00391. The van der Waals surface area contributed by atoms with Crippen LogP contribution in [0.5, 0.6) is 0 Å². The fourth-order valence-electron chi connectivity index (χ4n) is 3.92. The average molecular weight is 378 g/mol. The Morgan fingerprint density at radius 3 is 2.85 bits per heavy atom. The molecule has 0 saturated carbocycles. The largest absolute Gasteiger partial charge is 0.379 e. The summed E-state index contributed by atoms with van der Waals surface area (Å²) < 4.78 is 5.35. The lowest BCUT2D eigenvalue weighted by atomic mass is 10.00. The highest BCUT2D eigenvalue weighted by molar-refractivity contribution is 5.70. The van der Waals surface area contributed by atoms with Crippen LogP contribution in [0.1, 0.15) is 39.0 Å². The highest BCUT2D eigenvalue weighted by Crippen LogP contribution is 2.35. The van der Waals surface area contributed by atoms with Crippen LogP contribution in [0.25, 0.3) is 0 Å². The third-order valence-corrected chi connectivity index (χ3v) is 5.40.